The molecule has 5 heteroatoms. The van der Waals surface area contributed by atoms with E-state index < -0.39 is 5.97 Å². The Kier molecular flexibility index (Phi) is 3.77. The summed E-state index contributed by atoms with van der Waals surface area (Å²) in [6.07, 6.45) is 2.04. The average Bonchev–Trinajstić information content (AvgIpc) is 2.35. The van der Waals surface area contributed by atoms with E-state index in [1.165, 1.54) is 0 Å². The molecule has 4 nitrogen and oxygen atoms in total. The van der Waals surface area contributed by atoms with Crippen molar-refractivity contribution in [3.8, 4) is 11.5 Å². The van der Waals surface area contributed by atoms with Crippen LogP contribution in [-0.4, -0.2) is 24.3 Å². The van der Waals surface area contributed by atoms with Crippen molar-refractivity contribution in [3.05, 3.63) is 28.3 Å². The fourth-order valence-electron chi connectivity index (χ4n) is 1.73. The van der Waals surface area contributed by atoms with Gasteiger partial charge in [-0.05, 0) is 30.2 Å². The van der Waals surface area contributed by atoms with E-state index in [9.17, 15) is 4.79 Å². The molecule has 0 aromatic heterocycles. The molecule has 1 aromatic rings. The van der Waals surface area contributed by atoms with Gasteiger partial charge in [0.25, 0.3) is 0 Å². The summed E-state index contributed by atoms with van der Waals surface area (Å²) in [5.74, 6) is 0.151. The summed E-state index contributed by atoms with van der Waals surface area (Å²) in [7, 11) is 0. The van der Waals surface area contributed by atoms with Gasteiger partial charge >= 0.3 is 5.97 Å². The molecule has 0 saturated carbocycles. The zero-order valence-corrected chi connectivity index (χ0v) is 10.7. The van der Waals surface area contributed by atoms with Crippen molar-refractivity contribution in [1.29, 1.82) is 0 Å². The fourth-order valence-corrected chi connectivity index (χ4v) is 2.00. The van der Waals surface area contributed by atoms with Gasteiger partial charge in [0, 0.05) is 5.57 Å². The first-order chi connectivity index (χ1) is 8.61. The van der Waals surface area contributed by atoms with Crippen LogP contribution in [-0.2, 0) is 4.79 Å². The summed E-state index contributed by atoms with van der Waals surface area (Å²) in [4.78, 5) is 11.0. The summed E-state index contributed by atoms with van der Waals surface area (Å²) in [5.41, 5.74) is 1.02. The minimum atomic E-state index is -0.927. The normalized spacial score (nSPS) is 14.4. The van der Waals surface area contributed by atoms with Gasteiger partial charge in [0.15, 0.2) is 11.5 Å². The zero-order valence-electron chi connectivity index (χ0n) is 9.90. The van der Waals surface area contributed by atoms with Crippen molar-refractivity contribution < 1.29 is 19.4 Å². The first-order valence-electron chi connectivity index (χ1n) is 5.65. The number of carbonyl (C=O) groups is 1. The predicted molar refractivity (Wildman–Crippen MR) is 68.3 cm³/mol. The molecule has 18 heavy (non-hydrogen) atoms. The Morgan fingerprint density at radius 2 is 2.17 bits per heavy atom. The molecule has 0 unspecified atom stereocenters. The summed E-state index contributed by atoms with van der Waals surface area (Å²) in [5, 5.41) is 9.41. The maximum absolute atomic E-state index is 11.0. The second-order valence-corrected chi connectivity index (χ2v) is 4.26. The Balaban J connectivity index is 2.41. The molecule has 0 saturated heterocycles. The summed E-state index contributed by atoms with van der Waals surface area (Å²) in [6, 6.07) is 3.41. The fraction of sp³-hybridized carbons (Fsp3) is 0.308. The Morgan fingerprint density at radius 1 is 1.44 bits per heavy atom. The van der Waals surface area contributed by atoms with Crippen LogP contribution in [0.25, 0.3) is 6.08 Å². The highest BCUT2D eigenvalue weighted by molar-refractivity contribution is 6.32. The van der Waals surface area contributed by atoms with Crippen molar-refractivity contribution in [2.75, 3.05) is 13.2 Å². The molecule has 1 N–H and O–H groups in total. The van der Waals surface area contributed by atoms with Crippen LogP contribution in [0.5, 0.6) is 11.5 Å². The summed E-state index contributed by atoms with van der Waals surface area (Å²) < 4.78 is 10.8. The Morgan fingerprint density at radius 3 is 2.83 bits per heavy atom. The van der Waals surface area contributed by atoms with Crippen molar-refractivity contribution in [3.63, 3.8) is 0 Å². The lowest BCUT2D eigenvalue weighted by atomic mass is 10.1. The van der Waals surface area contributed by atoms with Crippen LogP contribution >= 0.6 is 11.6 Å². The molecule has 1 aliphatic heterocycles. The SMILES string of the molecule is CCC(=Cc1cc(Cl)c2c(c1)OCCO2)C(=O)O. The highest BCUT2D eigenvalue weighted by atomic mass is 35.5. The minimum Gasteiger partial charge on any atom is -0.486 e. The van der Waals surface area contributed by atoms with Crippen molar-refractivity contribution in [2.24, 2.45) is 0 Å². The highest BCUT2D eigenvalue weighted by Crippen LogP contribution is 2.38. The largest absolute Gasteiger partial charge is 0.486 e. The first-order valence-corrected chi connectivity index (χ1v) is 6.02. The standard InChI is InChI=1S/C13H13ClO4/c1-2-9(13(15)16)5-8-6-10(14)12-11(7-8)17-3-4-18-12/h5-7H,2-4H2,1H3,(H,15,16). The van der Waals surface area contributed by atoms with Crippen LogP contribution in [0.1, 0.15) is 18.9 Å². The second kappa shape index (κ2) is 5.31. The van der Waals surface area contributed by atoms with Crippen molar-refractivity contribution >= 4 is 23.6 Å². The lowest BCUT2D eigenvalue weighted by Gasteiger charge is -2.19. The summed E-state index contributed by atoms with van der Waals surface area (Å²) >= 11 is 6.07. The lowest BCUT2D eigenvalue weighted by Crippen LogP contribution is -2.15. The maximum atomic E-state index is 11.0. The molecule has 0 amide bonds. The number of carboxylic acids is 1. The quantitative estimate of drug-likeness (QED) is 0.856. The molecule has 1 aromatic carbocycles. The smallest absolute Gasteiger partial charge is 0.331 e. The molecule has 0 radical (unpaired) electrons. The van der Waals surface area contributed by atoms with Crippen molar-refractivity contribution in [1.82, 2.24) is 0 Å². The summed E-state index contributed by atoms with van der Waals surface area (Å²) in [6.45, 7) is 2.73. The maximum Gasteiger partial charge on any atom is 0.331 e. The van der Waals surface area contributed by atoms with Gasteiger partial charge in [0.1, 0.15) is 13.2 Å². The number of hydrogen-bond acceptors (Lipinski definition) is 3. The van der Waals surface area contributed by atoms with Gasteiger partial charge in [0.05, 0.1) is 5.02 Å². The topological polar surface area (TPSA) is 55.8 Å². The highest BCUT2D eigenvalue weighted by Gasteiger charge is 2.16. The zero-order chi connectivity index (χ0) is 13.1. The lowest BCUT2D eigenvalue weighted by molar-refractivity contribution is -0.132. The molecule has 0 spiro atoms. The second-order valence-electron chi connectivity index (χ2n) is 3.86. The average molecular weight is 269 g/mol. The van der Waals surface area contributed by atoms with Gasteiger partial charge in [-0.15, -0.1) is 0 Å². The Labute approximate surface area is 110 Å². The van der Waals surface area contributed by atoms with Crippen LogP contribution in [0.15, 0.2) is 17.7 Å². The number of fused-ring (bicyclic) bond motifs is 1. The number of aliphatic carboxylic acids is 1. The van der Waals surface area contributed by atoms with E-state index in [2.05, 4.69) is 0 Å². The van der Waals surface area contributed by atoms with E-state index in [1.54, 1.807) is 25.1 Å². The number of halogens is 1. The molecule has 1 aliphatic rings. The van der Waals surface area contributed by atoms with Gasteiger partial charge in [0.2, 0.25) is 0 Å². The van der Waals surface area contributed by atoms with Crippen LogP contribution < -0.4 is 9.47 Å². The molecule has 96 valence electrons. The van der Waals surface area contributed by atoms with Crippen LogP contribution in [0, 0.1) is 0 Å². The van der Waals surface area contributed by atoms with E-state index >= 15 is 0 Å². The van der Waals surface area contributed by atoms with Gasteiger partial charge in [-0.1, -0.05) is 18.5 Å². The number of hydrogen-bond donors (Lipinski definition) is 1. The van der Waals surface area contributed by atoms with Crippen LogP contribution in [0.2, 0.25) is 5.02 Å². The number of benzene rings is 1. The van der Waals surface area contributed by atoms with Gasteiger partial charge in [-0.3, -0.25) is 0 Å². The van der Waals surface area contributed by atoms with Gasteiger partial charge in [-0.25, -0.2) is 4.79 Å². The third-order valence-electron chi connectivity index (χ3n) is 2.62. The van der Waals surface area contributed by atoms with Crippen LogP contribution in [0.4, 0.5) is 0 Å². The van der Waals surface area contributed by atoms with E-state index in [4.69, 9.17) is 26.2 Å². The third-order valence-corrected chi connectivity index (χ3v) is 2.90. The number of ether oxygens (including phenoxy) is 2. The van der Waals surface area contributed by atoms with E-state index in [0.29, 0.717) is 47.3 Å². The number of carboxylic acid groups (broad SMARTS) is 1. The Hall–Kier alpha value is -1.68. The molecule has 0 atom stereocenters. The molecule has 0 aliphatic carbocycles. The minimum absolute atomic E-state index is 0.322. The van der Waals surface area contributed by atoms with Gasteiger partial charge < -0.3 is 14.6 Å². The van der Waals surface area contributed by atoms with Crippen LogP contribution in [0.3, 0.4) is 0 Å². The third kappa shape index (κ3) is 2.59. The first kappa shape index (κ1) is 12.8. The monoisotopic (exact) mass is 268 g/mol. The predicted octanol–water partition coefficient (Wildman–Crippen LogP) is 2.99. The van der Waals surface area contributed by atoms with E-state index in [0.717, 1.165) is 0 Å². The molecule has 2 rings (SSSR count). The van der Waals surface area contributed by atoms with E-state index in [-0.39, 0.29) is 0 Å². The molecule has 0 bridgehead atoms. The van der Waals surface area contributed by atoms with E-state index in [1.807, 2.05) is 0 Å². The van der Waals surface area contributed by atoms with Crippen molar-refractivity contribution in [2.45, 2.75) is 13.3 Å². The molecular weight excluding hydrogens is 256 g/mol. The molecule has 1 heterocycles. The molecule has 0 fully saturated rings. The number of rotatable bonds is 3. The Bertz CT molecular complexity index is 508. The van der Waals surface area contributed by atoms with Gasteiger partial charge in [-0.2, -0.15) is 0 Å². The molecular formula is C13H13ClO4.